The molecule has 1 fully saturated rings. The van der Waals surface area contributed by atoms with Gasteiger partial charge in [0.25, 0.3) is 5.91 Å². The van der Waals surface area contributed by atoms with Gasteiger partial charge in [0.15, 0.2) is 11.6 Å². The molecule has 1 aliphatic heterocycles. The van der Waals surface area contributed by atoms with E-state index in [9.17, 15) is 14.4 Å². The van der Waals surface area contributed by atoms with Gasteiger partial charge in [0.1, 0.15) is 17.0 Å². The summed E-state index contributed by atoms with van der Waals surface area (Å²) in [6.07, 6.45) is 1.67. The number of benzene rings is 1. The minimum Gasteiger partial charge on any atom is -0.293 e. The average Bonchev–Trinajstić information content (AvgIpc) is 3.29. The molecular weight excluding hydrogens is 412 g/mol. The van der Waals surface area contributed by atoms with E-state index in [1.807, 2.05) is 19.1 Å². The van der Waals surface area contributed by atoms with E-state index in [2.05, 4.69) is 29.0 Å². The topological polar surface area (TPSA) is 93.1 Å². The molecule has 0 radical (unpaired) electrons. The van der Waals surface area contributed by atoms with Gasteiger partial charge in [0, 0.05) is 16.6 Å². The molecule has 158 valence electrons. The first kappa shape index (κ1) is 21.0. The third-order valence-electron chi connectivity index (χ3n) is 5.37. The Morgan fingerprint density at radius 1 is 1.03 bits per heavy atom. The third kappa shape index (κ3) is 3.79. The summed E-state index contributed by atoms with van der Waals surface area (Å²) >= 11 is 1.36. The Balaban J connectivity index is 1.79. The first-order chi connectivity index (χ1) is 14.8. The predicted octanol–water partition coefficient (Wildman–Crippen LogP) is 3.83. The minimum atomic E-state index is -1.19. The second-order valence-electron chi connectivity index (χ2n) is 7.94. The molecule has 1 saturated heterocycles. The molecule has 1 amide bonds. The number of hydrogen-bond donors (Lipinski definition) is 0. The summed E-state index contributed by atoms with van der Waals surface area (Å²) in [6, 6.07) is 9.68. The lowest BCUT2D eigenvalue weighted by Gasteiger charge is -2.23. The van der Waals surface area contributed by atoms with E-state index < -0.39 is 29.4 Å². The lowest BCUT2D eigenvalue weighted by molar-refractivity contribution is -0.135. The van der Waals surface area contributed by atoms with Crippen molar-refractivity contribution in [2.24, 2.45) is 5.92 Å². The number of nitrogens with zero attached hydrogens (tertiary/aromatic N) is 4. The molecule has 0 spiro atoms. The van der Waals surface area contributed by atoms with E-state index in [4.69, 9.17) is 0 Å². The summed E-state index contributed by atoms with van der Waals surface area (Å²) in [5, 5.41) is 8.63. The van der Waals surface area contributed by atoms with Crippen molar-refractivity contribution in [2.75, 3.05) is 4.90 Å². The van der Waals surface area contributed by atoms with Gasteiger partial charge >= 0.3 is 0 Å². The Bertz CT molecular complexity index is 1150. The van der Waals surface area contributed by atoms with E-state index in [1.165, 1.54) is 16.2 Å². The fraction of sp³-hybridized carbons (Fsp3) is 0.304. The van der Waals surface area contributed by atoms with Crippen LogP contribution in [0.5, 0.6) is 0 Å². The second-order valence-corrected chi connectivity index (χ2v) is 9.21. The molecular formula is C23H22N4O3S. The number of hydrogen-bond acceptors (Lipinski definition) is 7. The molecule has 0 bridgehead atoms. The summed E-state index contributed by atoms with van der Waals surface area (Å²) in [6.45, 7) is 7.80. The molecule has 0 saturated carbocycles. The molecule has 2 unspecified atom stereocenters. The summed E-state index contributed by atoms with van der Waals surface area (Å²) in [5.74, 6) is -2.56. The Labute approximate surface area is 184 Å². The SMILES string of the molecule is Cc1ccc(N2C(=O)C(=O)C(C(=O)c3ccc(C(C)C)cc3)C2c2ncc(C)s2)nn1. The highest BCUT2D eigenvalue weighted by atomic mass is 32.1. The molecule has 0 aliphatic carbocycles. The number of rotatable bonds is 5. The van der Waals surface area contributed by atoms with Crippen LogP contribution >= 0.6 is 11.3 Å². The number of carbonyl (C=O) groups excluding carboxylic acids is 3. The van der Waals surface area contributed by atoms with Gasteiger partial charge in [-0.3, -0.25) is 19.3 Å². The largest absolute Gasteiger partial charge is 0.297 e. The maximum absolute atomic E-state index is 13.4. The van der Waals surface area contributed by atoms with Crippen molar-refractivity contribution in [3.8, 4) is 0 Å². The first-order valence-corrected chi connectivity index (χ1v) is 10.8. The standard InChI is InChI=1S/C23H22N4O3S/c1-12(2)15-6-8-16(9-7-15)20(28)18-19(22-24-11-14(4)31-22)27(23(30)21(18)29)17-10-5-13(3)25-26-17/h5-12,18-19H,1-4H3. The number of Topliss-reactive ketones (excluding diaryl/α,β-unsaturated/α-hetero) is 2. The Morgan fingerprint density at radius 2 is 1.74 bits per heavy atom. The smallest absolute Gasteiger partial charge is 0.293 e. The van der Waals surface area contributed by atoms with Crippen LogP contribution in [0.3, 0.4) is 0 Å². The van der Waals surface area contributed by atoms with Crippen LogP contribution in [0.4, 0.5) is 5.82 Å². The van der Waals surface area contributed by atoms with Crippen molar-refractivity contribution in [1.82, 2.24) is 15.2 Å². The molecule has 1 aliphatic rings. The maximum atomic E-state index is 13.4. The van der Waals surface area contributed by atoms with Gasteiger partial charge in [-0.25, -0.2) is 4.98 Å². The number of ketones is 2. The molecule has 8 heteroatoms. The summed E-state index contributed by atoms with van der Waals surface area (Å²) < 4.78 is 0. The monoisotopic (exact) mass is 434 g/mol. The van der Waals surface area contributed by atoms with Crippen molar-refractivity contribution in [1.29, 1.82) is 0 Å². The van der Waals surface area contributed by atoms with Crippen LogP contribution in [-0.4, -0.2) is 32.7 Å². The number of carbonyl (C=O) groups is 3. The molecule has 1 aromatic carbocycles. The van der Waals surface area contributed by atoms with Crippen LogP contribution in [0, 0.1) is 19.8 Å². The Kier molecular flexibility index (Phi) is 5.49. The van der Waals surface area contributed by atoms with Gasteiger partial charge < -0.3 is 0 Å². The van der Waals surface area contributed by atoms with Crippen molar-refractivity contribution >= 4 is 34.6 Å². The van der Waals surface area contributed by atoms with Gasteiger partial charge in [-0.15, -0.1) is 16.4 Å². The molecule has 2 aromatic heterocycles. The highest BCUT2D eigenvalue weighted by molar-refractivity contribution is 7.11. The third-order valence-corrected chi connectivity index (χ3v) is 6.36. The Morgan fingerprint density at radius 3 is 2.29 bits per heavy atom. The van der Waals surface area contributed by atoms with Crippen molar-refractivity contribution in [3.63, 3.8) is 0 Å². The van der Waals surface area contributed by atoms with Crippen LogP contribution in [0.1, 0.15) is 57.3 Å². The number of thiazole rings is 1. The molecule has 3 aromatic rings. The molecule has 31 heavy (non-hydrogen) atoms. The van der Waals surface area contributed by atoms with Crippen LogP contribution in [0.15, 0.2) is 42.6 Å². The fourth-order valence-corrected chi connectivity index (χ4v) is 4.58. The van der Waals surface area contributed by atoms with Crippen molar-refractivity contribution < 1.29 is 14.4 Å². The quantitative estimate of drug-likeness (QED) is 0.344. The van der Waals surface area contributed by atoms with E-state index in [-0.39, 0.29) is 5.82 Å². The van der Waals surface area contributed by atoms with Gasteiger partial charge in [0.2, 0.25) is 5.78 Å². The molecule has 3 heterocycles. The van der Waals surface area contributed by atoms with E-state index >= 15 is 0 Å². The van der Waals surface area contributed by atoms with Gasteiger partial charge in [-0.1, -0.05) is 38.1 Å². The molecule has 0 N–H and O–H groups in total. The number of aromatic nitrogens is 3. The van der Waals surface area contributed by atoms with Gasteiger partial charge in [0.05, 0.1) is 5.69 Å². The zero-order valence-electron chi connectivity index (χ0n) is 17.7. The molecule has 2 atom stereocenters. The summed E-state index contributed by atoms with van der Waals surface area (Å²) in [5.41, 5.74) is 2.17. The predicted molar refractivity (Wildman–Crippen MR) is 117 cm³/mol. The lowest BCUT2D eigenvalue weighted by Crippen LogP contribution is -2.31. The number of anilines is 1. The lowest BCUT2D eigenvalue weighted by atomic mass is 9.89. The number of amides is 1. The fourth-order valence-electron chi connectivity index (χ4n) is 3.67. The summed E-state index contributed by atoms with van der Waals surface area (Å²) in [4.78, 5) is 46.1. The van der Waals surface area contributed by atoms with E-state index in [0.29, 0.717) is 22.2 Å². The van der Waals surface area contributed by atoms with Gasteiger partial charge in [-0.2, -0.15) is 5.10 Å². The maximum Gasteiger partial charge on any atom is 0.297 e. The van der Waals surface area contributed by atoms with Crippen LogP contribution < -0.4 is 4.90 Å². The van der Waals surface area contributed by atoms with Crippen LogP contribution in [0.2, 0.25) is 0 Å². The zero-order valence-corrected chi connectivity index (χ0v) is 18.5. The highest BCUT2D eigenvalue weighted by Crippen LogP contribution is 2.41. The van der Waals surface area contributed by atoms with Crippen LogP contribution in [0.25, 0.3) is 0 Å². The van der Waals surface area contributed by atoms with Gasteiger partial charge in [-0.05, 0) is 37.5 Å². The first-order valence-electron chi connectivity index (χ1n) is 10.0. The van der Waals surface area contributed by atoms with Crippen molar-refractivity contribution in [3.05, 3.63) is 69.3 Å². The van der Waals surface area contributed by atoms with E-state index in [1.54, 1.807) is 37.4 Å². The minimum absolute atomic E-state index is 0.229. The van der Waals surface area contributed by atoms with Crippen LogP contribution in [-0.2, 0) is 9.59 Å². The highest BCUT2D eigenvalue weighted by Gasteiger charge is 2.54. The Hall–Kier alpha value is -3.26. The van der Waals surface area contributed by atoms with E-state index in [0.717, 1.165) is 10.4 Å². The average molecular weight is 435 g/mol. The normalized spacial score (nSPS) is 18.8. The van der Waals surface area contributed by atoms with Crippen molar-refractivity contribution in [2.45, 2.75) is 39.7 Å². The molecule has 4 rings (SSSR count). The summed E-state index contributed by atoms with van der Waals surface area (Å²) in [7, 11) is 0. The number of aryl methyl sites for hydroxylation is 2. The second kappa shape index (κ2) is 8.11. The molecule has 7 nitrogen and oxygen atoms in total. The zero-order chi connectivity index (χ0) is 22.3.